The molecule has 10 heavy (non-hydrogen) atoms. The second-order valence-corrected chi connectivity index (χ2v) is 2.71. The molecule has 2 nitrogen and oxygen atoms in total. The first kappa shape index (κ1) is 5.71. The van der Waals surface area contributed by atoms with Gasteiger partial charge in [0.05, 0.1) is 0 Å². The molecule has 0 fully saturated rings. The quantitative estimate of drug-likeness (QED) is 0.526. The summed E-state index contributed by atoms with van der Waals surface area (Å²) in [6.45, 7) is 2.13. The molecule has 0 saturated carbocycles. The van der Waals surface area contributed by atoms with Gasteiger partial charge in [-0.15, -0.1) is 0 Å². The lowest BCUT2D eigenvalue weighted by atomic mass is 9.99. The molecule has 2 heterocycles. The lowest BCUT2D eigenvalue weighted by Crippen LogP contribution is -2.25. The molecule has 2 heteroatoms. The summed E-state index contributed by atoms with van der Waals surface area (Å²) in [5.41, 5.74) is 1.37. The van der Waals surface area contributed by atoms with Crippen molar-refractivity contribution in [2.24, 2.45) is 10.9 Å². The van der Waals surface area contributed by atoms with Crippen LogP contribution in [0.1, 0.15) is 6.92 Å². The molecule has 0 aromatic rings. The molecule has 2 aliphatic heterocycles. The summed E-state index contributed by atoms with van der Waals surface area (Å²) < 4.78 is 0. The molecule has 0 spiro atoms. The monoisotopic (exact) mass is 134 g/mol. The van der Waals surface area contributed by atoms with Gasteiger partial charge in [0, 0.05) is 12.1 Å². The summed E-state index contributed by atoms with van der Waals surface area (Å²) in [6, 6.07) is 0. The first-order valence-electron chi connectivity index (χ1n) is 3.50. The SMILES string of the molecule is CC1=CNC2N=CC=CC12. The Bertz CT molecular complexity index is 225. The highest BCUT2D eigenvalue weighted by molar-refractivity contribution is 5.72. The maximum Gasteiger partial charge on any atom is 0.128 e. The van der Waals surface area contributed by atoms with Gasteiger partial charge in [0.1, 0.15) is 6.17 Å². The second-order valence-electron chi connectivity index (χ2n) is 2.71. The molecule has 0 bridgehead atoms. The van der Waals surface area contributed by atoms with E-state index in [2.05, 4.69) is 23.3 Å². The number of rotatable bonds is 0. The minimum Gasteiger partial charge on any atom is -0.369 e. The van der Waals surface area contributed by atoms with Gasteiger partial charge in [0.2, 0.25) is 0 Å². The maximum absolute atomic E-state index is 4.27. The van der Waals surface area contributed by atoms with Crippen LogP contribution in [0, 0.1) is 5.92 Å². The number of nitrogens with one attached hydrogen (secondary N) is 1. The van der Waals surface area contributed by atoms with E-state index >= 15 is 0 Å². The third kappa shape index (κ3) is 0.685. The van der Waals surface area contributed by atoms with E-state index in [1.54, 1.807) is 0 Å². The lowest BCUT2D eigenvalue weighted by Gasteiger charge is -2.15. The van der Waals surface area contributed by atoms with Crippen LogP contribution in [0.3, 0.4) is 0 Å². The van der Waals surface area contributed by atoms with Crippen molar-refractivity contribution in [3.8, 4) is 0 Å². The predicted octanol–water partition coefficient (Wildman–Crippen LogP) is 1.08. The topological polar surface area (TPSA) is 24.4 Å². The van der Waals surface area contributed by atoms with E-state index in [0.717, 1.165) is 0 Å². The molecular formula is C8H10N2. The van der Waals surface area contributed by atoms with Crippen molar-refractivity contribution in [2.45, 2.75) is 13.1 Å². The van der Waals surface area contributed by atoms with Crippen LogP contribution in [-0.4, -0.2) is 12.4 Å². The van der Waals surface area contributed by atoms with Crippen molar-refractivity contribution in [1.29, 1.82) is 0 Å². The van der Waals surface area contributed by atoms with E-state index in [4.69, 9.17) is 0 Å². The van der Waals surface area contributed by atoms with Crippen molar-refractivity contribution in [2.75, 3.05) is 0 Å². The summed E-state index contributed by atoms with van der Waals surface area (Å²) in [6.07, 6.45) is 8.36. The van der Waals surface area contributed by atoms with E-state index < -0.39 is 0 Å². The van der Waals surface area contributed by atoms with Gasteiger partial charge < -0.3 is 5.32 Å². The standard InChI is InChI=1S/C8H10N2/c1-6-5-10-8-7(6)3-2-4-9-8/h2-5,7-8,10H,1H3. The number of aliphatic imine (C=N–C) groups is 1. The fourth-order valence-electron chi connectivity index (χ4n) is 1.37. The summed E-state index contributed by atoms with van der Waals surface area (Å²) in [4.78, 5) is 4.27. The molecule has 2 atom stereocenters. The van der Waals surface area contributed by atoms with Gasteiger partial charge in [-0.1, -0.05) is 6.08 Å². The Labute approximate surface area is 60.3 Å². The highest BCUT2D eigenvalue weighted by atomic mass is 15.1. The Balaban J connectivity index is 2.27. The number of fused-ring (bicyclic) bond motifs is 1. The zero-order valence-electron chi connectivity index (χ0n) is 5.91. The van der Waals surface area contributed by atoms with Crippen molar-refractivity contribution in [3.05, 3.63) is 23.9 Å². The Kier molecular flexibility index (Phi) is 1.13. The number of hydrogen-bond acceptors (Lipinski definition) is 2. The summed E-state index contributed by atoms with van der Waals surface area (Å²) in [5.74, 6) is 0.505. The molecule has 0 aromatic heterocycles. The van der Waals surface area contributed by atoms with E-state index in [9.17, 15) is 0 Å². The van der Waals surface area contributed by atoms with Crippen LogP contribution >= 0.6 is 0 Å². The highest BCUT2D eigenvalue weighted by Crippen LogP contribution is 2.23. The van der Waals surface area contributed by atoms with Gasteiger partial charge in [-0.05, 0) is 24.8 Å². The van der Waals surface area contributed by atoms with Gasteiger partial charge in [0.25, 0.3) is 0 Å². The molecule has 0 aliphatic carbocycles. The number of allylic oxidation sites excluding steroid dienone is 1. The van der Waals surface area contributed by atoms with Gasteiger partial charge in [-0.2, -0.15) is 0 Å². The van der Waals surface area contributed by atoms with Crippen LogP contribution in [0.4, 0.5) is 0 Å². The summed E-state index contributed by atoms with van der Waals surface area (Å²) in [5, 5.41) is 3.20. The van der Waals surface area contributed by atoms with Crippen LogP contribution < -0.4 is 5.32 Å². The molecule has 0 aromatic carbocycles. The molecule has 2 rings (SSSR count). The first-order chi connectivity index (χ1) is 4.88. The molecule has 0 saturated heterocycles. The van der Waals surface area contributed by atoms with Gasteiger partial charge in [-0.3, -0.25) is 4.99 Å². The normalized spacial score (nSPS) is 35.1. The van der Waals surface area contributed by atoms with E-state index in [1.165, 1.54) is 5.57 Å². The fourth-order valence-corrected chi connectivity index (χ4v) is 1.37. The van der Waals surface area contributed by atoms with Crippen molar-refractivity contribution in [1.82, 2.24) is 5.32 Å². The largest absolute Gasteiger partial charge is 0.369 e. The first-order valence-corrected chi connectivity index (χ1v) is 3.50. The number of hydrogen-bond donors (Lipinski definition) is 1. The Morgan fingerprint density at radius 1 is 1.60 bits per heavy atom. The Morgan fingerprint density at radius 2 is 2.50 bits per heavy atom. The van der Waals surface area contributed by atoms with Crippen molar-refractivity contribution < 1.29 is 0 Å². The number of dihydropyridines is 1. The van der Waals surface area contributed by atoms with Gasteiger partial charge in [-0.25, -0.2) is 0 Å². The zero-order chi connectivity index (χ0) is 6.97. The summed E-state index contributed by atoms with van der Waals surface area (Å²) in [7, 11) is 0. The third-order valence-electron chi connectivity index (χ3n) is 2.00. The minimum absolute atomic E-state index is 0.282. The average Bonchev–Trinajstić information content (AvgIpc) is 2.34. The number of nitrogens with zero attached hydrogens (tertiary/aromatic N) is 1. The highest BCUT2D eigenvalue weighted by Gasteiger charge is 2.24. The minimum atomic E-state index is 0.282. The van der Waals surface area contributed by atoms with Crippen LogP contribution in [0.5, 0.6) is 0 Å². The third-order valence-corrected chi connectivity index (χ3v) is 2.00. The predicted molar refractivity (Wildman–Crippen MR) is 41.8 cm³/mol. The van der Waals surface area contributed by atoms with Gasteiger partial charge >= 0.3 is 0 Å². The second kappa shape index (κ2) is 1.97. The smallest absolute Gasteiger partial charge is 0.128 e. The molecule has 52 valence electrons. The molecule has 2 aliphatic rings. The van der Waals surface area contributed by atoms with Crippen molar-refractivity contribution >= 4 is 6.21 Å². The van der Waals surface area contributed by atoms with Crippen LogP contribution in [0.2, 0.25) is 0 Å². The molecule has 0 amide bonds. The van der Waals surface area contributed by atoms with Crippen LogP contribution in [-0.2, 0) is 0 Å². The maximum atomic E-state index is 4.27. The Morgan fingerprint density at radius 3 is 3.30 bits per heavy atom. The average molecular weight is 134 g/mol. The van der Waals surface area contributed by atoms with Crippen LogP contribution in [0.15, 0.2) is 28.9 Å². The zero-order valence-corrected chi connectivity index (χ0v) is 5.91. The van der Waals surface area contributed by atoms with Crippen molar-refractivity contribution in [3.63, 3.8) is 0 Å². The molecule has 2 unspecified atom stereocenters. The molecule has 1 N–H and O–H groups in total. The van der Waals surface area contributed by atoms with Gasteiger partial charge in [0.15, 0.2) is 0 Å². The van der Waals surface area contributed by atoms with Crippen LogP contribution in [0.25, 0.3) is 0 Å². The Hall–Kier alpha value is -1.05. The lowest BCUT2D eigenvalue weighted by molar-refractivity contribution is 0.559. The molecular weight excluding hydrogens is 124 g/mol. The molecule has 0 radical (unpaired) electrons. The van der Waals surface area contributed by atoms with E-state index in [1.807, 2.05) is 18.5 Å². The summed E-state index contributed by atoms with van der Waals surface area (Å²) >= 11 is 0. The van der Waals surface area contributed by atoms with E-state index in [0.29, 0.717) is 5.92 Å². The fraction of sp³-hybridized carbons (Fsp3) is 0.375. The van der Waals surface area contributed by atoms with E-state index in [-0.39, 0.29) is 6.17 Å².